The number of amides is 1. The number of alkyl halides is 1. The van der Waals surface area contributed by atoms with E-state index < -0.39 is 0 Å². The molecule has 86 valence electrons. The third kappa shape index (κ3) is 2.53. The van der Waals surface area contributed by atoms with Crippen LogP contribution in [0.25, 0.3) is 0 Å². The first kappa shape index (κ1) is 11.4. The molecule has 2 rings (SSSR count). The number of hydrogen-bond acceptors (Lipinski definition) is 2. The fourth-order valence-electron chi connectivity index (χ4n) is 2.05. The summed E-state index contributed by atoms with van der Waals surface area (Å²) in [6, 6.07) is 3.51. The van der Waals surface area contributed by atoms with Crippen molar-refractivity contribution in [2.45, 2.75) is 12.8 Å². The second-order valence-corrected chi connectivity index (χ2v) is 4.46. The fourth-order valence-corrected chi connectivity index (χ4v) is 2.30. The molecule has 0 radical (unpaired) electrons. The van der Waals surface area contributed by atoms with Gasteiger partial charge in [-0.3, -0.25) is 9.78 Å². The number of pyridine rings is 1. The molecular weight excluding hydrogens is 224 g/mol. The van der Waals surface area contributed by atoms with Crippen LogP contribution < -0.4 is 0 Å². The van der Waals surface area contributed by atoms with Gasteiger partial charge in [0.05, 0.1) is 0 Å². The summed E-state index contributed by atoms with van der Waals surface area (Å²) >= 11 is 5.85. The number of rotatable bonds is 2. The summed E-state index contributed by atoms with van der Waals surface area (Å²) in [6.07, 6.45) is 5.48. The predicted octanol–water partition coefficient (Wildman–Crippen LogP) is 2.17. The number of carbonyl (C=O) groups excluding carboxylic acids is 1. The van der Waals surface area contributed by atoms with Gasteiger partial charge in [0.25, 0.3) is 5.91 Å². The summed E-state index contributed by atoms with van der Waals surface area (Å²) in [5, 5.41) is 0. The molecule has 1 amide bonds. The van der Waals surface area contributed by atoms with Crippen LogP contribution >= 0.6 is 11.6 Å². The van der Waals surface area contributed by atoms with Crippen molar-refractivity contribution in [3.63, 3.8) is 0 Å². The Morgan fingerprint density at radius 1 is 1.50 bits per heavy atom. The summed E-state index contributed by atoms with van der Waals surface area (Å²) in [6.45, 7) is 1.62. The largest absolute Gasteiger partial charge is 0.338 e. The van der Waals surface area contributed by atoms with Crippen molar-refractivity contribution < 1.29 is 4.79 Å². The maximum absolute atomic E-state index is 12.1. The topological polar surface area (TPSA) is 33.2 Å². The number of aromatic nitrogens is 1. The monoisotopic (exact) mass is 238 g/mol. The van der Waals surface area contributed by atoms with Gasteiger partial charge in [0.1, 0.15) is 0 Å². The molecule has 0 aromatic carbocycles. The van der Waals surface area contributed by atoms with E-state index in [4.69, 9.17) is 11.6 Å². The molecule has 1 fully saturated rings. The molecule has 1 unspecified atom stereocenters. The number of piperidine rings is 1. The van der Waals surface area contributed by atoms with Crippen LogP contribution in [0.15, 0.2) is 24.5 Å². The summed E-state index contributed by atoms with van der Waals surface area (Å²) in [7, 11) is 0. The summed E-state index contributed by atoms with van der Waals surface area (Å²) < 4.78 is 0. The van der Waals surface area contributed by atoms with Crippen molar-refractivity contribution in [2.75, 3.05) is 19.0 Å². The van der Waals surface area contributed by atoms with Crippen molar-refractivity contribution >= 4 is 17.5 Å². The van der Waals surface area contributed by atoms with Gasteiger partial charge < -0.3 is 4.90 Å². The molecule has 0 saturated carbocycles. The van der Waals surface area contributed by atoms with Crippen LogP contribution in [0.3, 0.4) is 0 Å². The Hall–Kier alpha value is -1.09. The summed E-state index contributed by atoms with van der Waals surface area (Å²) in [5.41, 5.74) is 0.713. The highest BCUT2D eigenvalue weighted by Gasteiger charge is 2.23. The normalized spacial score (nSPS) is 20.8. The Bertz CT molecular complexity index is 355. The van der Waals surface area contributed by atoms with Crippen molar-refractivity contribution in [1.82, 2.24) is 9.88 Å². The van der Waals surface area contributed by atoms with E-state index in [1.165, 1.54) is 0 Å². The van der Waals surface area contributed by atoms with Gasteiger partial charge >= 0.3 is 0 Å². The van der Waals surface area contributed by atoms with Gasteiger partial charge in [0.15, 0.2) is 0 Å². The fraction of sp³-hybridized carbons (Fsp3) is 0.500. The van der Waals surface area contributed by atoms with Crippen LogP contribution in [0.4, 0.5) is 0 Å². The molecule has 1 atom stereocenters. The lowest BCUT2D eigenvalue weighted by atomic mass is 9.99. The number of hydrogen-bond donors (Lipinski definition) is 0. The van der Waals surface area contributed by atoms with Crippen LogP contribution in [-0.2, 0) is 0 Å². The molecule has 4 heteroatoms. The minimum atomic E-state index is 0.0946. The first-order valence-electron chi connectivity index (χ1n) is 5.56. The molecule has 0 N–H and O–H groups in total. The number of likely N-dealkylation sites (tertiary alicyclic amines) is 1. The van der Waals surface area contributed by atoms with Gasteiger partial charge in [-0.2, -0.15) is 0 Å². The second kappa shape index (κ2) is 5.30. The van der Waals surface area contributed by atoms with Gasteiger partial charge in [-0.25, -0.2) is 0 Å². The average Bonchev–Trinajstić information content (AvgIpc) is 2.39. The van der Waals surface area contributed by atoms with E-state index in [0.717, 1.165) is 25.9 Å². The lowest BCUT2D eigenvalue weighted by Crippen LogP contribution is -2.40. The highest BCUT2D eigenvalue weighted by atomic mass is 35.5. The zero-order valence-corrected chi connectivity index (χ0v) is 9.86. The van der Waals surface area contributed by atoms with Gasteiger partial charge in [-0.1, -0.05) is 0 Å². The van der Waals surface area contributed by atoms with E-state index in [2.05, 4.69) is 4.98 Å². The first-order valence-corrected chi connectivity index (χ1v) is 6.10. The third-order valence-corrected chi connectivity index (χ3v) is 3.39. The number of carbonyl (C=O) groups is 1. The second-order valence-electron chi connectivity index (χ2n) is 4.15. The quantitative estimate of drug-likeness (QED) is 0.740. The maximum Gasteiger partial charge on any atom is 0.253 e. The minimum absolute atomic E-state index is 0.0946. The Morgan fingerprint density at radius 3 is 2.94 bits per heavy atom. The molecular formula is C12H15ClN2O. The third-order valence-electron chi connectivity index (χ3n) is 2.95. The standard InChI is InChI=1S/C12H15ClN2O/c13-8-10-2-1-7-15(9-10)12(16)11-3-5-14-6-4-11/h3-6,10H,1-2,7-9H2. The Balaban J connectivity index is 2.05. The molecule has 1 aromatic heterocycles. The van der Waals surface area contributed by atoms with E-state index in [-0.39, 0.29) is 5.91 Å². The van der Waals surface area contributed by atoms with Crippen LogP contribution in [0, 0.1) is 5.92 Å². The lowest BCUT2D eigenvalue weighted by molar-refractivity contribution is 0.0684. The highest BCUT2D eigenvalue weighted by molar-refractivity contribution is 6.18. The van der Waals surface area contributed by atoms with E-state index >= 15 is 0 Å². The van der Waals surface area contributed by atoms with Gasteiger partial charge in [0, 0.05) is 36.9 Å². The van der Waals surface area contributed by atoms with Crippen LogP contribution in [-0.4, -0.2) is 34.8 Å². The van der Waals surface area contributed by atoms with E-state index in [1.54, 1.807) is 24.5 Å². The van der Waals surface area contributed by atoms with Crippen molar-refractivity contribution in [3.8, 4) is 0 Å². The molecule has 1 aliphatic rings. The molecule has 0 bridgehead atoms. The SMILES string of the molecule is O=C(c1ccncc1)N1CCCC(CCl)C1. The molecule has 0 aliphatic carbocycles. The first-order chi connectivity index (χ1) is 7.81. The molecule has 1 saturated heterocycles. The Labute approximate surface area is 100 Å². The summed E-state index contributed by atoms with van der Waals surface area (Å²) in [5.74, 6) is 1.18. The Kier molecular flexibility index (Phi) is 3.78. The van der Waals surface area contributed by atoms with Crippen LogP contribution in [0.5, 0.6) is 0 Å². The number of nitrogens with zero attached hydrogens (tertiary/aromatic N) is 2. The summed E-state index contributed by atoms with van der Waals surface area (Å²) in [4.78, 5) is 17.9. The molecule has 1 aromatic rings. The highest BCUT2D eigenvalue weighted by Crippen LogP contribution is 2.19. The van der Waals surface area contributed by atoms with Gasteiger partial charge in [-0.15, -0.1) is 11.6 Å². The van der Waals surface area contributed by atoms with Crippen molar-refractivity contribution in [3.05, 3.63) is 30.1 Å². The zero-order valence-electron chi connectivity index (χ0n) is 9.10. The molecule has 1 aliphatic heterocycles. The smallest absolute Gasteiger partial charge is 0.253 e. The maximum atomic E-state index is 12.1. The van der Waals surface area contributed by atoms with E-state index in [1.807, 2.05) is 4.90 Å². The van der Waals surface area contributed by atoms with Crippen molar-refractivity contribution in [1.29, 1.82) is 0 Å². The Morgan fingerprint density at radius 2 is 2.25 bits per heavy atom. The van der Waals surface area contributed by atoms with E-state index in [0.29, 0.717) is 17.4 Å². The number of halogens is 1. The van der Waals surface area contributed by atoms with Crippen LogP contribution in [0.2, 0.25) is 0 Å². The molecule has 16 heavy (non-hydrogen) atoms. The lowest BCUT2D eigenvalue weighted by Gasteiger charge is -2.31. The predicted molar refractivity (Wildman–Crippen MR) is 63.6 cm³/mol. The van der Waals surface area contributed by atoms with E-state index in [9.17, 15) is 4.79 Å². The van der Waals surface area contributed by atoms with Gasteiger partial charge in [0.2, 0.25) is 0 Å². The van der Waals surface area contributed by atoms with Crippen LogP contribution in [0.1, 0.15) is 23.2 Å². The molecule has 3 nitrogen and oxygen atoms in total. The zero-order chi connectivity index (χ0) is 11.4. The van der Waals surface area contributed by atoms with Crippen molar-refractivity contribution in [2.24, 2.45) is 5.92 Å². The van der Waals surface area contributed by atoms with Gasteiger partial charge in [-0.05, 0) is 30.9 Å². The molecule has 2 heterocycles. The molecule has 0 spiro atoms. The average molecular weight is 239 g/mol. The minimum Gasteiger partial charge on any atom is -0.338 e.